The number of aromatic hydroxyl groups is 1. The van der Waals surface area contributed by atoms with Crippen LogP contribution in [0.1, 0.15) is 10.9 Å². The molecule has 0 radical (unpaired) electrons. The number of phenolic OH excluding ortho intramolecular Hbond substituents is 1. The van der Waals surface area contributed by atoms with Crippen LogP contribution in [-0.2, 0) is 4.79 Å². The highest BCUT2D eigenvalue weighted by molar-refractivity contribution is 8.00. The topological polar surface area (TPSA) is 49.8 Å². The summed E-state index contributed by atoms with van der Waals surface area (Å²) in [6.45, 7) is 0. The van der Waals surface area contributed by atoms with Crippen LogP contribution in [0.3, 0.4) is 0 Å². The quantitative estimate of drug-likeness (QED) is 0.926. The van der Waals surface area contributed by atoms with E-state index in [1.165, 1.54) is 18.9 Å². The highest BCUT2D eigenvalue weighted by Crippen LogP contribution is 2.43. The van der Waals surface area contributed by atoms with Gasteiger partial charge in [-0.25, -0.2) is 0 Å². The lowest BCUT2D eigenvalue weighted by Gasteiger charge is -2.25. The van der Waals surface area contributed by atoms with E-state index in [2.05, 4.69) is 0 Å². The van der Waals surface area contributed by atoms with E-state index in [0.717, 1.165) is 11.3 Å². The van der Waals surface area contributed by atoms with Gasteiger partial charge in [-0.15, -0.1) is 11.8 Å². The maximum Gasteiger partial charge on any atom is 0.238 e. The number of amides is 1. The van der Waals surface area contributed by atoms with Gasteiger partial charge in [0.05, 0.1) is 12.9 Å². The zero-order chi connectivity index (χ0) is 15.7. The molecule has 1 amide bonds. The lowest BCUT2D eigenvalue weighted by atomic mass is 10.1. The van der Waals surface area contributed by atoms with E-state index in [-0.39, 0.29) is 17.0 Å². The highest BCUT2D eigenvalue weighted by Gasteiger charge is 2.34. The molecule has 1 unspecified atom stereocenters. The number of halogens is 1. The van der Waals surface area contributed by atoms with Crippen molar-refractivity contribution in [3.8, 4) is 11.5 Å². The SMILES string of the molecule is COc1cc(C2SCC(=O)N2c2cccc(Cl)c2)ccc1O. The van der Waals surface area contributed by atoms with Crippen LogP contribution in [0.25, 0.3) is 0 Å². The predicted molar refractivity (Wildman–Crippen MR) is 88.8 cm³/mol. The molecule has 6 heteroatoms. The minimum atomic E-state index is -0.166. The first-order valence-electron chi connectivity index (χ1n) is 6.66. The molecule has 1 aliphatic heterocycles. The Balaban J connectivity index is 2.00. The first-order chi connectivity index (χ1) is 10.6. The van der Waals surface area contributed by atoms with Crippen molar-refractivity contribution in [3.05, 3.63) is 53.1 Å². The van der Waals surface area contributed by atoms with E-state index < -0.39 is 0 Å². The molecule has 2 aromatic carbocycles. The van der Waals surface area contributed by atoms with Crippen LogP contribution in [0.5, 0.6) is 11.5 Å². The number of anilines is 1. The average Bonchev–Trinajstić information content (AvgIpc) is 2.89. The van der Waals surface area contributed by atoms with Crippen molar-refractivity contribution in [2.45, 2.75) is 5.37 Å². The van der Waals surface area contributed by atoms with Gasteiger partial charge < -0.3 is 9.84 Å². The van der Waals surface area contributed by atoms with Crippen LogP contribution in [0.4, 0.5) is 5.69 Å². The van der Waals surface area contributed by atoms with Gasteiger partial charge in [0, 0.05) is 10.7 Å². The summed E-state index contributed by atoms with van der Waals surface area (Å²) in [5, 5.41) is 10.1. The van der Waals surface area contributed by atoms with Crippen molar-refractivity contribution in [1.29, 1.82) is 0 Å². The summed E-state index contributed by atoms with van der Waals surface area (Å²) in [4.78, 5) is 14.0. The maximum absolute atomic E-state index is 12.3. The van der Waals surface area contributed by atoms with Crippen molar-refractivity contribution in [2.75, 3.05) is 17.8 Å². The molecular formula is C16H14ClNO3S. The number of hydrogen-bond acceptors (Lipinski definition) is 4. The molecule has 1 heterocycles. The van der Waals surface area contributed by atoms with E-state index in [9.17, 15) is 9.90 Å². The van der Waals surface area contributed by atoms with Gasteiger partial charge in [-0.2, -0.15) is 0 Å². The Bertz CT molecular complexity index is 722. The highest BCUT2D eigenvalue weighted by atomic mass is 35.5. The number of thioether (sulfide) groups is 1. The Morgan fingerprint density at radius 1 is 1.32 bits per heavy atom. The number of ether oxygens (including phenoxy) is 1. The molecule has 22 heavy (non-hydrogen) atoms. The first kappa shape index (κ1) is 15.1. The number of rotatable bonds is 3. The third-order valence-electron chi connectivity index (χ3n) is 3.44. The average molecular weight is 336 g/mol. The molecule has 0 bridgehead atoms. The molecule has 1 fully saturated rings. The minimum Gasteiger partial charge on any atom is -0.504 e. The first-order valence-corrected chi connectivity index (χ1v) is 8.09. The van der Waals surface area contributed by atoms with Crippen molar-refractivity contribution < 1.29 is 14.6 Å². The number of carbonyl (C=O) groups excluding carboxylic acids is 1. The lowest BCUT2D eigenvalue weighted by Crippen LogP contribution is -2.27. The van der Waals surface area contributed by atoms with Crippen molar-refractivity contribution in [2.24, 2.45) is 0 Å². The fraction of sp³-hybridized carbons (Fsp3) is 0.188. The maximum atomic E-state index is 12.3. The smallest absolute Gasteiger partial charge is 0.238 e. The van der Waals surface area contributed by atoms with Gasteiger partial charge in [-0.05, 0) is 35.9 Å². The molecule has 4 nitrogen and oxygen atoms in total. The van der Waals surface area contributed by atoms with Crippen LogP contribution in [0.2, 0.25) is 5.02 Å². The second-order valence-electron chi connectivity index (χ2n) is 4.84. The number of phenols is 1. The molecule has 0 spiro atoms. The lowest BCUT2D eigenvalue weighted by molar-refractivity contribution is -0.115. The molecule has 2 aromatic rings. The van der Waals surface area contributed by atoms with Gasteiger partial charge in [-0.1, -0.05) is 23.7 Å². The molecule has 114 valence electrons. The van der Waals surface area contributed by atoms with Crippen LogP contribution >= 0.6 is 23.4 Å². The molecular weight excluding hydrogens is 322 g/mol. The monoisotopic (exact) mass is 335 g/mol. The van der Waals surface area contributed by atoms with Crippen LogP contribution in [0.15, 0.2) is 42.5 Å². The summed E-state index contributed by atoms with van der Waals surface area (Å²) in [6, 6.07) is 12.4. The summed E-state index contributed by atoms with van der Waals surface area (Å²) in [6.07, 6.45) is 0. The molecule has 0 aliphatic carbocycles. The van der Waals surface area contributed by atoms with Crippen molar-refractivity contribution >= 4 is 35.0 Å². The van der Waals surface area contributed by atoms with Gasteiger partial charge in [0.15, 0.2) is 11.5 Å². The van der Waals surface area contributed by atoms with E-state index in [1.54, 1.807) is 35.2 Å². The Morgan fingerprint density at radius 2 is 2.14 bits per heavy atom. The predicted octanol–water partition coefficient (Wildman–Crippen LogP) is 3.83. The molecule has 0 saturated carbocycles. The standard InChI is InChI=1S/C16H14ClNO3S/c1-21-14-7-10(5-6-13(14)19)16-18(15(20)9-22-16)12-4-2-3-11(17)8-12/h2-8,16,19H,9H2,1H3. The molecule has 1 atom stereocenters. The minimum absolute atomic E-state index is 0.0318. The molecule has 0 aromatic heterocycles. The summed E-state index contributed by atoms with van der Waals surface area (Å²) in [7, 11) is 1.50. The second-order valence-corrected chi connectivity index (χ2v) is 6.34. The normalized spacial score (nSPS) is 17.8. The van der Waals surface area contributed by atoms with Crippen LogP contribution in [0, 0.1) is 0 Å². The number of methoxy groups -OCH3 is 1. The zero-order valence-corrected chi connectivity index (χ0v) is 13.4. The van der Waals surface area contributed by atoms with Gasteiger partial charge in [0.1, 0.15) is 5.37 Å². The molecule has 1 N–H and O–H groups in total. The van der Waals surface area contributed by atoms with Crippen molar-refractivity contribution in [1.82, 2.24) is 0 Å². The van der Waals surface area contributed by atoms with Gasteiger partial charge >= 0.3 is 0 Å². The summed E-state index contributed by atoms with van der Waals surface area (Å²) in [5.74, 6) is 0.906. The Morgan fingerprint density at radius 3 is 2.86 bits per heavy atom. The number of hydrogen-bond donors (Lipinski definition) is 1. The third-order valence-corrected chi connectivity index (χ3v) is 4.89. The summed E-state index contributed by atoms with van der Waals surface area (Å²) < 4.78 is 5.15. The number of carbonyl (C=O) groups is 1. The largest absolute Gasteiger partial charge is 0.504 e. The van der Waals surface area contributed by atoms with E-state index >= 15 is 0 Å². The molecule has 1 aliphatic rings. The van der Waals surface area contributed by atoms with E-state index in [0.29, 0.717) is 16.5 Å². The second kappa shape index (κ2) is 6.10. The Kier molecular flexibility index (Phi) is 4.18. The fourth-order valence-electron chi connectivity index (χ4n) is 2.42. The van der Waals surface area contributed by atoms with Gasteiger partial charge in [0.2, 0.25) is 5.91 Å². The summed E-state index contributed by atoms with van der Waals surface area (Å²) >= 11 is 7.57. The fourth-order valence-corrected chi connectivity index (χ4v) is 3.78. The van der Waals surface area contributed by atoms with Crippen LogP contribution < -0.4 is 9.64 Å². The van der Waals surface area contributed by atoms with E-state index in [4.69, 9.17) is 16.3 Å². The number of nitrogens with zero attached hydrogens (tertiary/aromatic N) is 1. The van der Waals surface area contributed by atoms with Crippen LogP contribution in [-0.4, -0.2) is 23.9 Å². The third kappa shape index (κ3) is 2.74. The Labute approximate surface area is 137 Å². The number of benzene rings is 2. The van der Waals surface area contributed by atoms with Gasteiger partial charge in [-0.3, -0.25) is 9.69 Å². The Hall–Kier alpha value is -1.85. The van der Waals surface area contributed by atoms with Crippen molar-refractivity contribution in [3.63, 3.8) is 0 Å². The zero-order valence-electron chi connectivity index (χ0n) is 11.8. The summed E-state index contributed by atoms with van der Waals surface area (Å²) in [5.41, 5.74) is 1.66. The van der Waals surface area contributed by atoms with E-state index in [1.807, 2.05) is 12.1 Å². The molecule has 3 rings (SSSR count). The molecule has 1 saturated heterocycles. The van der Waals surface area contributed by atoms with Gasteiger partial charge in [0.25, 0.3) is 0 Å².